The molecule has 78 heavy (non-hydrogen) atoms. The number of fused-ring (bicyclic) bond motifs is 1. The molecule has 9 rings (SSSR count). The molecule has 0 spiro atoms. The van der Waals surface area contributed by atoms with Gasteiger partial charge in [0.05, 0.1) is 42.3 Å². The van der Waals surface area contributed by atoms with Crippen LogP contribution in [-0.2, 0) is 74.4 Å². The minimum absolute atomic E-state index is 0.000540. The molecule has 2 aliphatic heterocycles. The number of hydrogen-bond acceptors (Lipinski definition) is 14. The summed E-state index contributed by atoms with van der Waals surface area (Å²) in [7, 11) is -4.65. The lowest BCUT2D eigenvalue weighted by Gasteiger charge is -2.50. The van der Waals surface area contributed by atoms with Crippen molar-refractivity contribution in [3.8, 4) is 5.75 Å². The zero-order chi connectivity index (χ0) is 54.3. The Morgan fingerprint density at radius 1 is 0.667 bits per heavy atom. The van der Waals surface area contributed by atoms with Crippen LogP contribution >= 0.6 is 11.6 Å². The lowest BCUT2D eigenvalue weighted by molar-refractivity contribution is -0.384. The van der Waals surface area contributed by atoms with Crippen LogP contribution in [0, 0.1) is 10.1 Å². The lowest BCUT2D eigenvalue weighted by Crippen LogP contribution is -2.68. The molecule has 7 aromatic rings. The van der Waals surface area contributed by atoms with E-state index in [1.807, 2.05) is 158 Å². The van der Waals surface area contributed by atoms with Gasteiger partial charge < -0.3 is 37.9 Å². The van der Waals surface area contributed by atoms with Crippen LogP contribution in [0.3, 0.4) is 0 Å². The van der Waals surface area contributed by atoms with Crippen LogP contribution in [0.15, 0.2) is 198 Å². The minimum Gasteiger partial charge on any atom is -0.491 e. The second-order valence-corrected chi connectivity index (χ2v) is 20.6. The van der Waals surface area contributed by atoms with Crippen LogP contribution in [0.4, 0.5) is 5.69 Å². The number of benzene rings is 7. The predicted molar refractivity (Wildman–Crippen MR) is 288 cm³/mol. The quantitative estimate of drug-likeness (QED) is 0.0105. The summed E-state index contributed by atoms with van der Waals surface area (Å²) >= 11 is 5.95. The maximum Gasteiger partial charge on any atom is 0.320 e. The molecule has 0 aliphatic carbocycles. The van der Waals surface area contributed by atoms with Gasteiger partial charge in [-0.2, -0.15) is 4.31 Å². The van der Waals surface area contributed by atoms with E-state index in [-0.39, 0.29) is 50.2 Å². The van der Waals surface area contributed by atoms with E-state index in [2.05, 4.69) is 10.0 Å². The third kappa shape index (κ3) is 13.9. The Hall–Kier alpha value is -7.26. The Bertz CT molecular complexity index is 3220. The molecule has 2 saturated heterocycles. The fourth-order valence-electron chi connectivity index (χ4n) is 9.51. The first-order valence-electron chi connectivity index (χ1n) is 25.2. The Morgan fingerprint density at radius 2 is 1.19 bits per heavy atom. The molecular weight excluding hydrogens is 1040 g/mol. The Kier molecular flexibility index (Phi) is 19.1. The van der Waals surface area contributed by atoms with Crippen molar-refractivity contribution in [1.29, 1.82) is 0 Å². The molecule has 2 heterocycles. The van der Waals surface area contributed by atoms with E-state index in [0.29, 0.717) is 5.75 Å². The average Bonchev–Trinajstić information content (AvgIpc) is 3.62. The highest BCUT2D eigenvalue weighted by molar-refractivity contribution is 7.89. The van der Waals surface area contributed by atoms with Gasteiger partial charge in [0.25, 0.3) is 5.69 Å². The number of rotatable bonds is 24. The summed E-state index contributed by atoms with van der Waals surface area (Å²) in [6.45, 7) is -1.06. The van der Waals surface area contributed by atoms with Gasteiger partial charge in [-0.15, -0.1) is 11.6 Å². The number of nitro benzene ring substituents is 1. The second kappa shape index (κ2) is 26.9. The van der Waals surface area contributed by atoms with Crippen LogP contribution in [0.2, 0.25) is 0 Å². The number of azide groups is 1. The third-order valence-corrected chi connectivity index (χ3v) is 15.5. The Morgan fingerprint density at radius 3 is 1.76 bits per heavy atom. The summed E-state index contributed by atoms with van der Waals surface area (Å²) in [5.41, 5.74) is 13.2. The molecular formula is C58H56ClN5O13S. The molecule has 0 amide bonds. The molecule has 0 saturated carbocycles. The number of carbonyl (C=O) groups excluding carboxylic acids is 1. The molecule has 404 valence electrons. The van der Waals surface area contributed by atoms with E-state index in [1.165, 1.54) is 16.4 Å². The van der Waals surface area contributed by atoms with Crippen molar-refractivity contribution in [2.75, 3.05) is 25.6 Å². The number of piperidine rings is 1. The number of alkyl halides is 1. The number of ether oxygens (including phenoxy) is 8. The zero-order valence-electron chi connectivity index (χ0n) is 42.1. The van der Waals surface area contributed by atoms with Gasteiger partial charge in [0, 0.05) is 29.0 Å². The van der Waals surface area contributed by atoms with Crippen molar-refractivity contribution < 1.29 is 56.0 Å². The lowest BCUT2D eigenvalue weighted by atomic mass is 9.93. The van der Waals surface area contributed by atoms with E-state index in [1.54, 1.807) is 6.07 Å². The predicted octanol–water partition coefficient (Wildman–Crippen LogP) is 10.1. The standard InChI is InChI=1S/C58H56ClN5O13S/c59-32-52(65)72-39-51-56(74-36-42-20-9-3-10-21-42)57(75-37-43-22-11-4-12-23-43)53(61-62-60)58(76-51)77-54-48(38-71-49-27-15-25-44-24-13-14-26-47(44)49)63(78(68,69)46-30-28-45(29-31-46)64(66)67)33-50(70-34-40-16-5-1-6-17-40)55(54)73-35-41-18-7-2-8-19-41/h1-31,48,50-51,53-58H,32-39H2/t48-,50-,51+,53+,54+,55+,56+,57+,58+/m0/s1. The summed E-state index contributed by atoms with van der Waals surface area (Å²) in [6.07, 6.45) is -8.72. The number of sulfonamides is 1. The van der Waals surface area contributed by atoms with Crippen molar-refractivity contribution in [3.05, 3.63) is 231 Å². The monoisotopic (exact) mass is 1100 g/mol. The summed E-state index contributed by atoms with van der Waals surface area (Å²) in [5, 5.41) is 17.7. The van der Waals surface area contributed by atoms with E-state index >= 15 is 8.42 Å². The third-order valence-electron chi connectivity index (χ3n) is 13.4. The van der Waals surface area contributed by atoms with Crippen molar-refractivity contribution in [1.82, 2.24) is 4.31 Å². The Labute approximate surface area is 456 Å². The van der Waals surface area contributed by atoms with Gasteiger partial charge in [0.15, 0.2) is 6.29 Å². The van der Waals surface area contributed by atoms with E-state index in [9.17, 15) is 20.4 Å². The Balaban J connectivity index is 1.19. The first-order valence-corrected chi connectivity index (χ1v) is 27.1. The van der Waals surface area contributed by atoms with Gasteiger partial charge in [-0.05, 0) is 51.4 Å². The van der Waals surface area contributed by atoms with Crippen molar-refractivity contribution in [2.24, 2.45) is 5.11 Å². The van der Waals surface area contributed by atoms with Crippen LogP contribution < -0.4 is 4.74 Å². The van der Waals surface area contributed by atoms with Gasteiger partial charge in [0.1, 0.15) is 67.5 Å². The summed E-state index contributed by atoms with van der Waals surface area (Å²) in [6, 6.07) is 52.2. The van der Waals surface area contributed by atoms with E-state index in [0.717, 1.165) is 45.2 Å². The highest BCUT2D eigenvalue weighted by Crippen LogP contribution is 2.38. The molecule has 0 unspecified atom stereocenters. The summed E-state index contributed by atoms with van der Waals surface area (Å²) in [5.74, 6) is -0.795. The molecule has 2 aliphatic rings. The van der Waals surface area contributed by atoms with Crippen LogP contribution in [0.25, 0.3) is 21.2 Å². The molecule has 20 heteroatoms. The number of nitrogens with zero attached hydrogens (tertiary/aromatic N) is 5. The van der Waals surface area contributed by atoms with Crippen molar-refractivity contribution in [2.45, 2.75) is 86.3 Å². The number of carbonyl (C=O) groups is 1. The fraction of sp³-hybridized carbons (Fsp3) is 0.293. The van der Waals surface area contributed by atoms with Gasteiger partial charge >= 0.3 is 5.97 Å². The van der Waals surface area contributed by atoms with Crippen LogP contribution in [0.5, 0.6) is 5.75 Å². The number of hydrogen-bond donors (Lipinski definition) is 0. The average molecular weight is 1100 g/mol. The first kappa shape index (κ1) is 55.5. The van der Waals surface area contributed by atoms with E-state index < -0.39 is 88.4 Å². The SMILES string of the molecule is [N-]=[N+]=N[C@H]1[C@@H](O[C@H]2[C@H](OCc3ccccc3)[C@@H](OCc3ccccc3)CN(S(=O)(=O)c3ccc([N+](=O)[O-])cc3)[C@H]2COc2cccc3ccccc23)O[C@H](COC(=O)CCl)[C@@H](OCc2ccccc2)[C@@H]1OCc1ccccc1. The van der Waals surface area contributed by atoms with Gasteiger partial charge in [0.2, 0.25) is 10.0 Å². The van der Waals surface area contributed by atoms with Crippen LogP contribution in [-0.4, -0.2) is 104 Å². The molecule has 7 aromatic carbocycles. The van der Waals surface area contributed by atoms with Gasteiger partial charge in [-0.25, -0.2) is 8.42 Å². The molecule has 0 N–H and O–H groups in total. The van der Waals surface area contributed by atoms with E-state index in [4.69, 9.17) is 49.5 Å². The van der Waals surface area contributed by atoms with Crippen molar-refractivity contribution in [3.63, 3.8) is 0 Å². The zero-order valence-corrected chi connectivity index (χ0v) is 43.7. The van der Waals surface area contributed by atoms with Gasteiger partial charge in [-0.1, -0.05) is 163 Å². The van der Waals surface area contributed by atoms with Gasteiger partial charge in [-0.3, -0.25) is 14.9 Å². The maximum absolute atomic E-state index is 15.5. The number of halogens is 1. The molecule has 2 fully saturated rings. The fourth-order valence-corrected chi connectivity index (χ4v) is 11.2. The number of esters is 1. The molecule has 0 aromatic heterocycles. The molecule has 9 atom stereocenters. The summed E-state index contributed by atoms with van der Waals surface area (Å²) < 4.78 is 85.8. The molecule has 0 bridgehead atoms. The van der Waals surface area contributed by atoms with Crippen LogP contribution in [0.1, 0.15) is 22.3 Å². The molecule has 0 radical (unpaired) electrons. The highest BCUT2D eigenvalue weighted by atomic mass is 35.5. The van der Waals surface area contributed by atoms with Crippen molar-refractivity contribution >= 4 is 44.1 Å². The summed E-state index contributed by atoms with van der Waals surface area (Å²) in [4.78, 5) is 27.0. The maximum atomic E-state index is 15.5. The largest absolute Gasteiger partial charge is 0.491 e. The second-order valence-electron chi connectivity index (χ2n) is 18.5. The topological polar surface area (TPSA) is 220 Å². The highest BCUT2D eigenvalue weighted by Gasteiger charge is 2.55. The normalized spacial score (nSPS) is 22.5. The molecule has 18 nitrogen and oxygen atoms in total. The smallest absolute Gasteiger partial charge is 0.320 e. The first-order chi connectivity index (χ1) is 38.1. The number of non-ortho nitro benzene ring substituents is 1. The number of nitro groups is 1. The minimum atomic E-state index is -4.65.